The Kier molecular flexibility index (Phi) is 6.84. The maximum Gasteiger partial charge on any atom is 0.397 e. The predicted molar refractivity (Wildman–Crippen MR) is 50.8 cm³/mol. The van der Waals surface area contributed by atoms with Gasteiger partial charge in [0.25, 0.3) is 0 Å². The summed E-state index contributed by atoms with van der Waals surface area (Å²) in [6.07, 6.45) is 7.54. The van der Waals surface area contributed by atoms with Crippen molar-refractivity contribution in [3.8, 4) is 0 Å². The van der Waals surface area contributed by atoms with E-state index in [0.29, 0.717) is 6.42 Å². The van der Waals surface area contributed by atoms with Crippen LogP contribution in [0.25, 0.3) is 0 Å². The van der Waals surface area contributed by atoms with Gasteiger partial charge in [0.15, 0.2) is 0 Å². The number of hydrogen-bond acceptors (Lipinski definition) is 3. The van der Waals surface area contributed by atoms with Gasteiger partial charge in [0.05, 0.1) is 6.61 Å². The average molecular weight is 208 g/mol. The molecule has 0 aromatic carbocycles. The van der Waals surface area contributed by atoms with Crippen molar-refractivity contribution in [1.82, 2.24) is 0 Å². The lowest BCUT2D eigenvalue weighted by atomic mass is 10.2. The second kappa shape index (κ2) is 7.06. The number of unbranched alkanes of at least 4 members (excludes halogenated alkanes) is 2. The van der Waals surface area contributed by atoms with E-state index in [2.05, 4.69) is 17.2 Å². The van der Waals surface area contributed by atoms with Gasteiger partial charge in [-0.05, 0) is 25.7 Å². The lowest BCUT2D eigenvalue weighted by Gasteiger charge is -1.97. The van der Waals surface area contributed by atoms with Crippen LogP contribution in [0.2, 0.25) is 0 Å². The number of allylic oxidation sites excluding steroid dienone is 2. The molecule has 0 aliphatic carbocycles. The molecule has 0 aliphatic heterocycles. The summed E-state index contributed by atoms with van der Waals surface area (Å²) in [6.45, 7) is 2.11. The minimum Gasteiger partial charge on any atom is -0.264 e. The van der Waals surface area contributed by atoms with E-state index in [4.69, 9.17) is 4.55 Å². The molecule has 78 valence electrons. The van der Waals surface area contributed by atoms with Crippen molar-refractivity contribution >= 4 is 10.4 Å². The molecule has 13 heavy (non-hydrogen) atoms. The summed E-state index contributed by atoms with van der Waals surface area (Å²) in [5.41, 5.74) is 0. The minimum absolute atomic E-state index is 0.0544. The van der Waals surface area contributed by atoms with E-state index in [1.807, 2.05) is 6.08 Å². The molecule has 0 rings (SSSR count). The highest BCUT2D eigenvalue weighted by Gasteiger charge is 2.01. The van der Waals surface area contributed by atoms with Gasteiger partial charge in [-0.15, -0.1) is 0 Å². The van der Waals surface area contributed by atoms with Gasteiger partial charge in [0.2, 0.25) is 0 Å². The Morgan fingerprint density at radius 2 is 2.00 bits per heavy atom. The Morgan fingerprint density at radius 3 is 2.54 bits per heavy atom. The molecule has 5 heteroatoms. The highest BCUT2D eigenvalue weighted by Crippen LogP contribution is 1.99. The van der Waals surface area contributed by atoms with Crippen LogP contribution >= 0.6 is 0 Å². The normalized spacial score (nSPS) is 12.5. The van der Waals surface area contributed by atoms with E-state index < -0.39 is 10.4 Å². The van der Waals surface area contributed by atoms with Gasteiger partial charge >= 0.3 is 10.4 Å². The Balaban J connectivity index is 3.23. The van der Waals surface area contributed by atoms with Crippen LogP contribution in [0.4, 0.5) is 0 Å². The monoisotopic (exact) mass is 208 g/mol. The zero-order chi connectivity index (χ0) is 10.2. The van der Waals surface area contributed by atoms with Gasteiger partial charge in [-0.25, -0.2) is 4.18 Å². The maximum atomic E-state index is 10.1. The molecule has 0 fully saturated rings. The molecule has 0 unspecified atom stereocenters. The average Bonchev–Trinajstić information content (AvgIpc) is 2.01. The van der Waals surface area contributed by atoms with E-state index in [1.165, 1.54) is 0 Å². The molecule has 1 N–H and O–H groups in total. The van der Waals surface area contributed by atoms with Crippen molar-refractivity contribution in [3.05, 3.63) is 12.2 Å². The van der Waals surface area contributed by atoms with Crippen molar-refractivity contribution in [2.24, 2.45) is 0 Å². The zero-order valence-corrected chi connectivity index (χ0v) is 8.59. The maximum absolute atomic E-state index is 10.1. The fourth-order valence-electron chi connectivity index (χ4n) is 0.813. The molecule has 0 bridgehead atoms. The van der Waals surface area contributed by atoms with Crippen LogP contribution in [-0.4, -0.2) is 19.6 Å². The molecule has 0 heterocycles. The molecule has 0 amide bonds. The van der Waals surface area contributed by atoms with E-state index in [-0.39, 0.29) is 6.61 Å². The first-order chi connectivity index (χ1) is 6.06. The first-order valence-corrected chi connectivity index (χ1v) is 5.69. The molecular weight excluding hydrogens is 192 g/mol. The third-order valence-corrected chi connectivity index (χ3v) is 1.86. The summed E-state index contributed by atoms with van der Waals surface area (Å²) in [4.78, 5) is 0. The van der Waals surface area contributed by atoms with Gasteiger partial charge in [0.1, 0.15) is 0 Å². The number of rotatable bonds is 7. The van der Waals surface area contributed by atoms with Gasteiger partial charge in [0, 0.05) is 0 Å². The second-order valence-corrected chi connectivity index (χ2v) is 3.72. The van der Waals surface area contributed by atoms with Gasteiger partial charge < -0.3 is 0 Å². The minimum atomic E-state index is -4.24. The van der Waals surface area contributed by atoms with E-state index in [9.17, 15) is 8.42 Å². The summed E-state index contributed by atoms with van der Waals surface area (Å²) in [5.74, 6) is 0. The van der Waals surface area contributed by atoms with Crippen LogP contribution < -0.4 is 0 Å². The molecule has 0 radical (unpaired) electrons. The predicted octanol–water partition coefficient (Wildman–Crippen LogP) is 1.94. The SMILES string of the molecule is CC/C=C\CCCCOS(=O)(=O)O. The molecule has 0 aromatic rings. The third kappa shape index (κ3) is 11.6. The van der Waals surface area contributed by atoms with Gasteiger partial charge in [-0.2, -0.15) is 8.42 Å². The highest BCUT2D eigenvalue weighted by molar-refractivity contribution is 7.80. The van der Waals surface area contributed by atoms with Crippen LogP contribution in [0.3, 0.4) is 0 Å². The fraction of sp³-hybridized carbons (Fsp3) is 0.750. The Labute approximate surface area is 79.6 Å². The van der Waals surface area contributed by atoms with Crippen LogP contribution in [0, 0.1) is 0 Å². The quantitative estimate of drug-likeness (QED) is 0.394. The smallest absolute Gasteiger partial charge is 0.264 e. The molecule has 0 aliphatic rings. The van der Waals surface area contributed by atoms with Crippen LogP contribution in [-0.2, 0) is 14.6 Å². The summed E-state index contributed by atoms with van der Waals surface area (Å²) in [5, 5.41) is 0. The van der Waals surface area contributed by atoms with Gasteiger partial charge in [-0.3, -0.25) is 4.55 Å². The molecule has 0 saturated heterocycles. The summed E-state index contributed by atoms with van der Waals surface area (Å²) < 4.78 is 32.5. The molecule has 0 aromatic heterocycles. The van der Waals surface area contributed by atoms with Crippen molar-refractivity contribution in [2.45, 2.75) is 32.6 Å². The molecule has 4 nitrogen and oxygen atoms in total. The van der Waals surface area contributed by atoms with Crippen molar-refractivity contribution in [2.75, 3.05) is 6.61 Å². The number of hydrogen-bond donors (Lipinski definition) is 1. The Morgan fingerprint density at radius 1 is 1.31 bits per heavy atom. The van der Waals surface area contributed by atoms with E-state index >= 15 is 0 Å². The van der Waals surface area contributed by atoms with Crippen molar-refractivity contribution < 1.29 is 17.2 Å². The first kappa shape index (κ1) is 12.6. The summed E-state index contributed by atoms with van der Waals surface area (Å²) in [7, 11) is -4.24. The Hall–Kier alpha value is -0.390. The topological polar surface area (TPSA) is 63.6 Å². The molecule has 0 saturated carbocycles. The van der Waals surface area contributed by atoms with E-state index in [1.54, 1.807) is 0 Å². The van der Waals surface area contributed by atoms with Crippen molar-refractivity contribution in [3.63, 3.8) is 0 Å². The summed E-state index contributed by atoms with van der Waals surface area (Å²) >= 11 is 0. The lowest BCUT2D eigenvalue weighted by molar-refractivity contribution is 0.263. The summed E-state index contributed by atoms with van der Waals surface area (Å²) in [6, 6.07) is 0. The zero-order valence-electron chi connectivity index (χ0n) is 7.77. The van der Waals surface area contributed by atoms with Crippen molar-refractivity contribution in [1.29, 1.82) is 0 Å². The Bertz CT molecular complexity index is 231. The third-order valence-electron chi connectivity index (χ3n) is 1.40. The molecule has 0 atom stereocenters. The van der Waals surface area contributed by atoms with Crippen LogP contribution in [0.15, 0.2) is 12.2 Å². The fourth-order valence-corrected chi connectivity index (χ4v) is 1.14. The van der Waals surface area contributed by atoms with E-state index in [0.717, 1.165) is 19.3 Å². The second-order valence-electron chi connectivity index (χ2n) is 2.63. The largest absolute Gasteiger partial charge is 0.397 e. The molecular formula is C8H16O4S. The highest BCUT2D eigenvalue weighted by atomic mass is 32.3. The van der Waals surface area contributed by atoms with Gasteiger partial charge in [-0.1, -0.05) is 19.1 Å². The molecule has 0 spiro atoms. The lowest BCUT2D eigenvalue weighted by Crippen LogP contribution is -2.04. The first-order valence-electron chi connectivity index (χ1n) is 4.33. The van der Waals surface area contributed by atoms with Crippen LogP contribution in [0.5, 0.6) is 0 Å². The van der Waals surface area contributed by atoms with Crippen LogP contribution in [0.1, 0.15) is 32.6 Å². The standard InChI is InChI=1S/C8H16O4S/c1-2-3-4-5-6-7-8-12-13(9,10)11/h3-4H,2,5-8H2,1H3,(H,9,10,11)/b4-3-.